The first kappa shape index (κ1) is 14.8. The second-order valence-corrected chi connectivity index (χ2v) is 6.93. The Morgan fingerprint density at radius 3 is 2.25 bits per heavy atom. The summed E-state index contributed by atoms with van der Waals surface area (Å²) < 4.78 is 23.2. The molecule has 0 amide bonds. The van der Waals surface area contributed by atoms with Crippen molar-refractivity contribution in [3.63, 3.8) is 0 Å². The van der Waals surface area contributed by atoms with Gasteiger partial charge in [0.05, 0.1) is 10.9 Å². The van der Waals surface area contributed by atoms with Gasteiger partial charge in [0.2, 0.25) is 0 Å². The molecule has 1 atom stereocenters. The highest BCUT2D eigenvalue weighted by atomic mass is 32.2. The van der Waals surface area contributed by atoms with E-state index in [0.717, 1.165) is 17.5 Å². The van der Waals surface area contributed by atoms with E-state index < -0.39 is 9.84 Å². The lowest BCUT2D eigenvalue weighted by Crippen LogP contribution is -2.12. The standard InChI is InChI=1S/C16H19NO2S/c1-3-12-7-9-13(10-8-12)16(17)14-5-4-6-15(11-14)20(2,18)19/h4-11,16H,3,17H2,1-2H3/t16-/m0/s1. The lowest BCUT2D eigenvalue weighted by Gasteiger charge is -2.14. The molecule has 2 aromatic carbocycles. The molecule has 0 spiro atoms. The molecule has 0 aliphatic heterocycles. The molecule has 2 N–H and O–H groups in total. The van der Waals surface area contributed by atoms with Crippen molar-refractivity contribution < 1.29 is 8.42 Å². The first-order valence-corrected chi connectivity index (χ1v) is 8.45. The van der Waals surface area contributed by atoms with Crippen molar-refractivity contribution in [2.45, 2.75) is 24.3 Å². The molecular formula is C16H19NO2S. The third-order valence-corrected chi connectivity index (χ3v) is 4.50. The molecule has 4 heteroatoms. The number of hydrogen-bond acceptors (Lipinski definition) is 3. The van der Waals surface area contributed by atoms with Gasteiger partial charge in [-0.25, -0.2) is 8.42 Å². The number of nitrogens with two attached hydrogens (primary N) is 1. The van der Waals surface area contributed by atoms with E-state index in [1.165, 1.54) is 11.8 Å². The summed E-state index contributed by atoms with van der Waals surface area (Å²) in [5.41, 5.74) is 9.26. The number of hydrogen-bond donors (Lipinski definition) is 1. The molecule has 0 heterocycles. The number of rotatable bonds is 4. The summed E-state index contributed by atoms with van der Waals surface area (Å²) >= 11 is 0. The van der Waals surface area contributed by atoms with E-state index in [1.54, 1.807) is 18.2 Å². The minimum atomic E-state index is -3.21. The van der Waals surface area contributed by atoms with Crippen molar-refractivity contribution in [3.05, 3.63) is 65.2 Å². The van der Waals surface area contributed by atoms with Gasteiger partial charge in [0.15, 0.2) is 9.84 Å². The van der Waals surface area contributed by atoms with Crippen LogP contribution in [0.2, 0.25) is 0 Å². The molecule has 2 aromatic rings. The van der Waals surface area contributed by atoms with Crippen LogP contribution in [-0.2, 0) is 16.3 Å². The molecule has 2 rings (SSSR count). The highest BCUT2D eigenvalue weighted by molar-refractivity contribution is 7.90. The molecular weight excluding hydrogens is 270 g/mol. The van der Waals surface area contributed by atoms with Gasteiger partial charge in [-0.15, -0.1) is 0 Å². The Morgan fingerprint density at radius 2 is 1.70 bits per heavy atom. The van der Waals surface area contributed by atoms with Gasteiger partial charge in [-0.05, 0) is 35.2 Å². The van der Waals surface area contributed by atoms with E-state index in [4.69, 9.17) is 5.73 Å². The van der Waals surface area contributed by atoms with E-state index in [9.17, 15) is 8.42 Å². The van der Waals surface area contributed by atoms with Gasteiger partial charge < -0.3 is 5.73 Å². The molecule has 0 fully saturated rings. The smallest absolute Gasteiger partial charge is 0.175 e. The van der Waals surface area contributed by atoms with Crippen LogP contribution >= 0.6 is 0 Å². The van der Waals surface area contributed by atoms with Crippen LogP contribution in [0.5, 0.6) is 0 Å². The second-order valence-electron chi connectivity index (χ2n) is 4.92. The van der Waals surface area contributed by atoms with Crippen LogP contribution in [0.4, 0.5) is 0 Å². The maximum absolute atomic E-state index is 11.6. The zero-order chi connectivity index (χ0) is 14.8. The summed E-state index contributed by atoms with van der Waals surface area (Å²) in [5, 5.41) is 0. The highest BCUT2D eigenvalue weighted by Crippen LogP contribution is 2.22. The number of aryl methyl sites for hydroxylation is 1. The summed E-state index contributed by atoms with van der Waals surface area (Å²) in [6, 6.07) is 14.6. The van der Waals surface area contributed by atoms with E-state index >= 15 is 0 Å². The minimum absolute atomic E-state index is 0.302. The van der Waals surface area contributed by atoms with Gasteiger partial charge in [-0.1, -0.05) is 43.3 Å². The van der Waals surface area contributed by atoms with Gasteiger partial charge in [0.1, 0.15) is 0 Å². The Balaban J connectivity index is 2.35. The van der Waals surface area contributed by atoms with Gasteiger partial charge in [-0.3, -0.25) is 0 Å². The third kappa shape index (κ3) is 3.26. The Kier molecular flexibility index (Phi) is 4.26. The van der Waals surface area contributed by atoms with Gasteiger partial charge in [0.25, 0.3) is 0 Å². The van der Waals surface area contributed by atoms with Crippen molar-refractivity contribution in [1.82, 2.24) is 0 Å². The maximum atomic E-state index is 11.6. The quantitative estimate of drug-likeness (QED) is 0.941. The predicted octanol–water partition coefficient (Wildman–Crippen LogP) is 2.70. The molecule has 0 saturated heterocycles. The third-order valence-electron chi connectivity index (χ3n) is 3.39. The van der Waals surface area contributed by atoms with Crippen LogP contribution in [0.15, 0.2) is 53.4 Å². The monoisotopic (exact) mass is 289 g/mol. The first-order valence-electron chi connectivity index (χ1n) is 6.56. The SMILES string of the molecule is CCc1ccc([C@H](N)c2cccc(S(C)(=O)=O)c2)cc1. The normalized spacial score (nSPS) is 13.2. The Hall–Kier alpha value is -1.65. The van der Waals surface area contributed by atoms with E-state index in [2.05, 4.69) is 19.1 Å². The minimum Gasteiger partial charge on any atom is -0.320 e. The van der Waals surface area contributed by atoms with Crippen molar-refractivity contribution in [2.24, 2.45) is 5.73 Å². The summed E-state index contributed by atoms with van der Waals surface area (Å²) in [6.07, 6.45) is 2.19. The number of sulfone groups is 1. The summed E-state index contributed by atoms with van der Waals surface area (Å²) in [7, 11) is -3.21. The summed E-state index contributed by atoms with van der Waals surface area (Å²) in [4.78, 5) is 0.302. The van der Waals surface area contributed by atoms with Crippen molar-refractivity contribution in [3.8, 4) is 0 Å². The summed E-state index contributed by atoms with van der Waals surface area (Å²) in [6.45, 7) is 2.10. The molecule has 0 radical (unpaired) electrons. The average molecular weight is 289 g/mol. The molecule has 0 saturated carbocycles. The van der Waals surface area contributed by atoms with Crippen molar-refractivity contribution in [1.29, 1.82) is 0 Å². The van der Waals surface area contributed by atoms with Crippen LogP contribution in [0.3, 0.4) is 0 Å². The van der Waals surface area contributed by atoms with Gasteiger partial charge >= 0.3 is 0 Å². The zero-order valence-corrected chi connectivity index (χ0v) is 12.5. The van der Waals surface area contributed by atoms with Crippen LogP contribution in [0.1, 0.15) is 29.7 Å². The molecule has 0 aromatic heterocycles. The van der Waals surface area contributed by atoms with Crippen LogP contribution in [0, 0.1) is 0 Å². The van der Waals surface area contributed by atoms with Crippen LogP contribution in [0.25, 0.3) is 0 Å². The average Bonchev–Trinajstić information content (AvgIpc) is 2.46. The summed E-state index contributed by atoms with van der Waals surface area (Å²) in [5.74, 6) is 0. The first-order chi connectivity index (χ1) is 9.41. The lowest BCUT2D eigenvalue weighted by molar-refractivity contribution is 0.601. The molecule has 0 aliphatic rings. The van der Waals surface area contributed by atoms with E-state index in [1.807, 2.05) is 18.2 Å². The largest absolute Gasteiger partial charge is 0.320 e. The lowest BCUT2D eigenvalue weighted by atomic mass is 9.98. The fourth-order valence-electron chi connectivity index (χ4n) is 2.09. The Bertz CT molecular complexity index is 691. The fourth-order valence-corrected chi connectivity index (χ4v) is 2.77. The highest BCUT2D eigenvalue weighted by Gasteiger charge is 2.12. The predicted molar refractivity (Wildman–Crippen MR) is 81.4 cm³/mol. The molecule has 0 bridgehead atoms. The van der Waals surface area contributed by atoms with E-state index in [-0.39, 0.29) is 6.04 Å². The molecule has 0 aliphatic carbocycles. The molecule has 0 unspecified atom stereocenters. The maximum Gasteiger partial charge on any atom is 0.175 e. The Morgan fingerprint density at radius 1 is 1.05 bits per heavy atom. The van der Waals surface area contributed by atoms with Crippen molar-refractivity contribution in [2.75, 3.05) is 6.26 Å². The second kappa shape index (κ2) is 5.77. The Labute approximate surface area is 120 Å². The number of benzene rings is 2. The van der Waals surface area contributed by atoms with Crippen molar-refractivity contribution >= 4 is 9.84 Å². The van der Waals surface area contributed by atoms with Crippen LogP contribution in [-0.4, -0.2) is 14.7 Å². The molecule has 106 valence electrons. The molecule has 20 heavy (non-hydrogen) atoms. The topological polar surface area (TPSA) is 60.2 Å². The molecule has 3 nitrogen and oxygen atoms in total. The zero-order valence-electron chi connectivity index (χ0n) is 11.7. The van der Waals surface area contributed by atoms with Gasteiger partial charge in [0, 0.05) is 6.26 Å². The fraction of sp³-hybridized carbons (Fsp3) is 0.250. The van der Waals surface area contributed by atoms with Gasteiger partial charge in [-0.2, -0.15) is 0 Å². The van der Waals surface area contributed by atoms with Crippen LogP contribution < -0.4 is 5.73 Å². The van der Waals surface area contributed by atoms with E-state index in [0.29, 0.717) is 4.90 Å².